The fourth-order valence-corrected chi connectivity index (χ4v) is 7.13. The zero-order chi connectivity index (χ0) is 31.1. The van der Waals surface area contributed by atoms with E-state index in [1.165, 1.54) is 28.0 Å². The van der Waals surface area contributed by atoms with Crippen molar-refractivity contribution in [2.45, 2.75) is 43.3 Å². The molecule has 3 N–H and O–H groups in total. The summed E-state index contributed by atoms with van der Waals surface area (Å²) in [5, 5.41) is 18.5. The highest BCUT2D eigenvalue weighted by atomic mass is 32.2. The summed E-state index contributed by atoms with van der Waals surface area (Å²) in [5.41, 5.74) is 3.29. The number of hydrogen-bond acceptors (Lipinski definition) is 7. The fourth-order valence-electron chi connectivity index (χ4n) is 4.84. The Kier molecular flexibility index (Phi) is 9.89. The Bertz CT molecular complexity index is 1750. The van der Waals surface area contributed by atoms with Crippen LogP contribution in [0.5, 0.6) is 0 Å². The minimum absolute atomic E-state index is 0.0546. The van der Waals surface area contributed by atoms with Crippen molar-refractivity contribution in [3.05, 3.63) is 112 Å². The Morgan fingerprint density at radius 2 is 1.91 bits per heavy atom. The molecule has 0 saturated carbocycles. The van der Waals surface area contributed by atoms with Crippen LogP contribution in [-0.2, 0) is 22.4 Å². The van der Waals surface area contributed by atoms with Crippen LogP contribution in [-0.4, -0.2) is 28.0 Å². The van der Waals surface area contributed by atoms with E-state index >= 15 is 0 Å². The SMILES string of the molecule is CC1CCc2c(sc(NC(=O)C(C)Sc3cccc(NC(=O)/C(=C/c4cccnc4)NC(=O)c4ccccc4)c3)c2C#N)C1. The van der Waals surface area contributed by atoms with Gasteiger partial charge in [-0.3, -0.25) is 19.4 Å². The molecular weight excluding hydrogens is 591 g/mol. The molecule has 1 aliphatic rings. The second-order valence-electron chi connectivity index (χ2n) is 10.6. The Hall–Kier alpha value is -4.72. The number of carbonyl (C=O) groups is 3. The van der Waals surface area contributed by atoms with Gasteiger partial charge in [0.05, 0.1) is 10.8 Å². The molecule has 2 aromatic carbocycles. The van der Waals surface area contributed by atoms with Gasteiger partial charge in [-0.05, 0) is 85.7 Å². The summed E-state index contributed by atoms with van der Waals surface area (Å²) in [7, 11) is 0. The van der Waals surface area contributed by atoms with Crippen LogP contribution in [0.15, 0.2) is 89.7 Å². The number of nitrogens with zero attached hydrogens (tertiary/aromatic N) is 2. The van der Waals surface area contributed by atoms with Gasteiger partial charge >= 0.3 is 0 Å². The summed E-state index contributed by atoms with van der Waals surface area (Å²) in [6, 6.07) is 21.6. The molecule has 2 unspecified atom stereocenters. The first-order valence-electron chi connectivity index (χ1n) is 14.2. The van der Waals surface area contributed by atoms with Crippen LogP contribution in [0, 0.1) is 17.2 Å². The lowest BCUT2D eigenvalue weighted by Crippen LogP contribution is -2.30. The molecule has 0 spiro atoms. The maximum absolute atomic E-state index is 13.4. The number of amides is 3. The molecule has 8 nitrogen and oxygen atoms in total. The predicted octanol–water partition coefficient (Wildman–Crippen LogP) is 6.67. The third-order valence-electron chi connectivity index (χ3n) is 7.16. The quantitative estimate of drug-likeness (QED) is 0.142. The van der Waals surface area contributed by atoms with E-state index in [-0.39, 0.29) is 11.6 Å². The summed E-state index contributed by atoms with van der Waals surface area (Å²) in [4.78, 5) is 45.5. The molecule has 2 aromatic heterocycles. The van der Waals surface area contributed by atoms with Crippen molar-refractivity contribution in [3.63, 3.8) is 0 Å². The number of thioether (sulfide) groups is 1. The van der Waals surface area contributed by atoms with Gasteiger partial charge in [-0.2, -0.15) is 5.26 Å². The van der Waals surface area contributed by atoms with E-state index < -0.39 is 17.1 Å². The average Bonchev–Trinajstić information content (AvgIpc) is 3.37. The van der Waals surface area contributed by atoms with Gasteiger partial charge in [-0.25, -0.2) is 0 Å². The van der Waals surface area contributed by atoms with E-state index in [9.17, 15) is 19.6 Å². The van der Waals surface area contributed by atoms with Crippen molar-refractivity contribution >= 4 is 57.6 Å². The highest BCUT2D eigenvalue weighted by Crippen LogP contribution is 2.39. The number of pyridine rings is 1. The van der Waals surface area contributed by atoms with Gasteiger partial charge in [0, 0.05) is 33.4 Å². The van der Waals surface area contributed by atoms with Gasteiger partial charge in [0.25, 0.3) is 11.8 Å². The number of thiophene rings is 1. The molecule has 10 heteroatoms. The van der Waals surface area contributed by atoms with E-state index in [1.54, 1.807) is 80.0 Å². The van der Waals surface area contributed by atoms with Crippen LogP contribution in [0.25, 0.3) is 6.08 Å². The van der Waals surface area contributed by atoms with Crippen LogP contribution in [0.4, 0.5) is 10.7 Å². The van der Waals surface area contributed by atoms with Crippen LogP contribution in [0.3, 0.4) is 0 Å². The molecule has 44 heavy (non-hydrogen) atoms. The fraction of sp³-hybridized carbons (Fsp3) is 0.206. The number of benzene rings is 2. The van der Waals surface area contributed by atoms with Crippen LogP contribution in [0.1, 0.15) is 52.2 Å². The second kappa shape index (κ2) is 14.2. The summed E-state index contributed by atoms with van der Waals surface area (Å²) in [6.45, 7) is 4.02. The van der Waals surface area contributed by atoms with Crippen molar-refractivity contribution in [1.82, 2.24) is 10.3 Å². The Morgan fingerprint density at radius 1 is 1.09 bits per heavy atom. The number of anilines is 2. The first-order chi connectivity index (χ1) is 21.3. The predicted molar refractivity (Wildman–Crippen MR) is 175 cm³/mol. The minimum atomic E-state index is -0.508. The number of hydrogen-bond donors (Lipinski definition) is 3. The molecule has 2 atom stereocenters. The molecule has 0 saturated heterocycles. The third-order valence-corrected chi connectivity index (χ3v) is 9.42. The monoisotopic (exact) mass is 621 g/mol. The van der Waals surface area contributed by atoms with Gasteiger partial charge in [0.15, 0.2) is 0 Å². The van der Waals surface area contributed by atoms with Crippen LogP contribution >= 0.6 is 23.1 Å². The molecule has 2 heterocycles. The smallest absolute Gasteiger partial charge is 0.272 e. The van der Waals surface area contributed by atoms with Crippen LogP contribution in [0.2, 0.25) is 0 Å². The molecule has 0 fully saturated rings. The molecule has 5 rings (SSSR count). The molecule has 3 amide bonds. The number of aromatic nitrogens is 1. The van der Waals surface area contributed by atoms with E-state index in [0.717, 1.165) is 29.7 Å². The standard InChI is InChI=1S/C34H31N5O3S2/c1-21-13-14-27-28(19-35)34(44-30(27)16-21)39-31(40)22(2)43-26-12-6-11-25(18-26)37-33(42)29(17-23-8-7-15-36-20-23)38-32(41)24-9-4-3-5-10-24/h3-12,15,17-18,20-22H,13-14,16H2,1-2H3,(H,37,42)(H,38,41)(H,39,40)/b29-17-. The van der Waals surface area contributed by atoms with E-state index in [4.69, 9.17) is 0 Å². The van der Waals surface area contributed by atoms with E-state index in [2.05, 4.69) is 33.9 Å². The van der Waals surface area contributed by atoms with Gasteiger partial charge in [-0.1, -0.05) is 37.3 Å². The maximum Gasteiger partial charge on any atom is 0.272 e. The van der Waals surface area contributed by atoms with Crippen molar-refractivity contribution in [3.8, 4) is 6.07 Å². The second-order valence-corrected chi connectivity index (χ2v) is 13.1. The van der Waals surface area contributed by atoms with Gasteiger partial charge in [0.1, 0.15) is 16.8 Å². The van der Waals surface area contributed by atoms with Gasteiger partial charge in [0.2, 0.25) is 5.91 Å². The summed E-state index contributed by atoms with van der Waals surface area (Å²) >= 11 is 2.85. The van der Waals surface area contributed by atoms with E-state index in [1.807, 2.05) is 12.1 Å². The zero-order valence-corrected chi connectivity index (χ0v) is 25.9. The Balaban J connectivity index is 1.27. The highest BCUT2D eigenvalue weighted by molar-refractivity contribution is 8.00. The number of fused-ring (bicyclic) bond motifs is 1. The minimum Gasteiger partial charge on any atom is -0.321 e. The van der Waals surface area contributed by atoms with Crippen molar-refractivity contribution in [2.24, 2.45) is 5.92 Å². The first kappa shape index (κ1) is 30.7. The number of rotatable bonds is 9. The van der Waals surface area contributed by atoms with Crippen molar-refractivity contribution in [2.75, 3.05) is 10.6 Å². The van der Waals surface area contributed by atoms with E-state index in [0.29, 0.717) is 33.3 Å². The summed E-state index contributed by atoms with van der Waals surface area (Å²) in [6.07, 6.45) is 7.63. The lowest BCUT2D eigenvalue weighted by atomic mass is 9.89. The lowest BCUT2D eigenvalue weighted by molar-refractivity contribution is -0.115. The molecule has 0 radical (unpaired) electrons. The Labute approximate surface area is 264 Å². The summed E-state index contributed by atoms with van der Waals surface area (Å²) < 4.78 is 0. The first-order valence-corrected chi connectivity index (χ1v) is 15.9. The molecular formula is C34H31N5O3S2. The number of nitriles is 1. The van der Waals surface area contributed by atoms with Crippen molar-refractivity contribution in [1.29, 1.82) is 5.26 Å². The van der Waals surface area contributed by atoms with Gasteiger partial charge < -0.3 is 16.0 Å². The lowest BCUT2D eigenvalue weighted by Gasteiger charge is -2.17. The topological polar surface area (TPSA) is 124 Å². The molecule has 1 aliphatic carbocycles. The molecule has 0 bridgehead atoms. The van der Waals surface area contributed by atoms with Crippen LogP contribution < -0.4 is 16.0 Å². The Morgan fingerprint density at radius 3 is 2.66 bits per heavy atom. The molecule has 4 aromatic rings. The molecule has 222 valence electrons. The number of nitrogens with one attached hydrogen (secondary N) is 3. The molecule has 0 aliphatic heterocycles. The number of carbonyl (C=O) groups excluding carboxylic acids is 3. The summed E-state index contributed by atoms with van der Waals surface area (Å²) in [5.74, 6) is -0.551. The van der Waals surface area contributed by atoms with Crippen molar-refractivity contribution < 1.29 is 14.4 Å². The third kappa shape index (κ3) is 7.61. The maximum atomic E-state index is 13.4. The zero-order valence-electron chi connectivity index (χ0n) is 24.3. The average molecular weight is 622 g/mol. The highest BCUT2D eigenvalue weighted by Gasteiger charge is 2.26. The van der Waals surface area contributed by atoms with Gasteiger partial charge in [-0.15, -0.1) is 23.1 Å². The normalized spacial score (nSPS) is 14.9. The largest absolute Gasteiger partial charge is 0.321 e.